The van der Waals surface area contributed by atoms with Crippen LogP contribution in [-0.2, 0) is 4.79 Å². The maximum absolute atomic E-state index is 13.6. The molecule has 3 aliphatic carbocycles. The number of carbonyl (C=O) groups is 1. The molecular weight excluding hydrogens is 578 g/mol. The average molecular weight is 610 g/mol. The topological polar surface area (TPSA) is 122 Å². The van der Waals surface area contributed by atoms with Crippen molar-refractivity contribution in [1.82, 2.24) is 15.3 Å². The van der Waals surface area contributed by atoms with Gasteiger partial charge in [-0.15, -0.1) is 11.3 Å². The Morgan fingerprint density at radius 2 is 1.83 bits per heavy atom. The Bertz CT molecular complexity index is 1520. The van der Waals surface area contributed by atoms with E-state index in [1.54, 1.807) is 23.7 Å². The molecule has 1 amide bonds. The molecule has 1 aliphatic heterocycles. The van der Waals surface area contributed by atoms with E-state index in [1.807, 2.05) is 6.07 Å². The molecule has 0 radical (unpaired) electrons. The molecule has 3 N–H and O–H groups in total. The molecule has 214 valence electrons. The van der Waals surface area contributed by atoms with Crippen LogP contribution in [0.15, 0.2) is 42.7 Å². The number of thiazole rings is 1. The Hall–Kier alpha value is -2.68. The molecule has 0 unspecified atom stereocenters. The van der Waals surface area contributed by atoms with Crippen molar-refractivity contribution in [2.24, 2.45) is 17.8 Å². The largest absolute Gasteiger partial charge is 0.368 e. The minimum Gasteiger partial charge on any atom is -0.368 e. The Morgan fingerprint density at radius 3 is 2.51 bits per heavy atom. The molecule has 1 saturated heterocycles. The zero-order valence-corrected chi connectivity index (χ0v) is 24.9. The van der Waals surface area contributed by atoms with Crippen LogP contribution in [0, 0.1) is 29.1 Å². The van der Waals surface area contributed by atoms with Gasteiger partial charge in [-0.1, -0.05) is 23.7 Å². The minimum absolute atomic E-state index is 0.0178. The molecule has 3 saturated carbocycles. The molecule has 4 aliphatic rings. The second-order valence-corrected chi connectivity index (χ2v) is 15.8. The summed E-state index contributed by atoms with van der Waals surface area (Å²) in [7, 11) is -2.46. The summed E-state index contributed by atoms with van der Waals surface area (Å²) in [5.74, 6) is 1.72. The van der Waals surface area contributed by atoms with Gasteiger partial charge in [0, 0.05) is 48.6 Å². The Labute approximate surface area is 250 Å². The van der Waals surface area contributed by atoms with Gasteiger partial charge in [-0.2, -0.15) is 15.9 Å². The van der Waals surface area contributed by atoms with E-state index in [0.29, 0.717) is 41.5 Å². The lowest BCUT2D eigenvalue weighted by Crippen LogP contribution is -2.43. The molecule has 0 bridgehead atoms. The van der Waals surface area contributed by atoms with E-state index in [9.17, 15) is 19.2 Å². The van der Waals surface area contributed by atoms with Gasteiger partial charge >= 0.3 is 0 Å². The van der Waals surface area contributed by atoms with Gasteiger partial charge in [0.2, 0.25) is 5.91 Å². The van der Waals surface area contributed by atoms with E-state index < -0.39 is 16.1 Å². The predicted molar refractivity (Wildman–Crippen MR) is 163 cm³/mol. The first-order valence-electron chi connectivity index (χ1n) is 14.2. The fourth-order valence-electron chi connectivity index (χ4n) is 6.43. The third kappa shape index (κ3) is 5.46. The first-order valence-corrected chi connectivity index (χ1v) is 17.2. The van der Waals surface area contributed by atoms with Crippen LogP contribution in [0.2, 0.25) is 5.02 Å². The average Bonchev–Trinajstić information content (AvgIpc) is 3.88. The number of nitrogens with zero attached hydrogens (tertiary/aromatic N) is 4. The van der Waals surface area contributed by atoms with E-state index >= 15 is 0 Å². The molecule has 3 aromatic rings. The Balaban J connectivity index is 1.24. The highest BCUT2D eigenvalue weighted by Crippen LogP contribution is 2.58. The number of hydrogen-bond acceptors (Lipinski definition) is 8. The van der Waals surface area contributed by atoms with Gasteiger partial charge in [-0.05, 0) is 67.7 Å². The highest BCUT2D eigenvalue weighted by atomic mass is 35.5. The molecule has 0 spiro atoms. The molecule has 1 aromatic carbocycles. The van der Waals surface area contributed by atoms with Crippen molar-refractivity contribution in [1.29, 1.82) is 5.26 Å². The van der Waals surface area contributed by atoms with Crippen LogP contribution < -0.4 is 10.2 Å². The summed E-state index contributed by atoms with van der Waals surface area (Å²) in [6, 6.07) is 12.6. The van der Waals surface area contributed by atoms with Crippen molar-refractivity contribution in [2.75, 3.05) is 29.5 Å². The first kappa shape index (κ1) is 27.2. The van der Waals surface area contributed by atoms with Gasteiger partial charge in [0.1, 0.15) is 10.5 Å². The number of halogens is 1. The molecule has 41 heavy (non-hydrogen) atoms. The number of anilines is 1. The standard InChI is InChI=1S/C30H32ClN5O3S2/c31-22-12-21(15-33-16-22)29-34-26(24-13-19-11-20(19)14-25(24)28(37)35-30(17-32)5-6-30)27(40-29)18-1-3-23(4-2-18)36-7-9-41(38,39)10-8-36/h1-4,12,15-16,19-20,24-25,38-39H,5-11,13-14H2,(H,35,37)/t19-,20+,24+,25+/m0/s1. The van der Waals surface area contributed by atoms with Gasteiger partial charge in [-0.3, -0.25) is 18.9 Å². The normalized spacial score (nSPS) is 28.2. The number of aromatic nitrogens is 2. The van der Waals surface area contributed by atoms with Gasteiger partial charge in [0.05, 0.1) is 33.2 Å². The maximum Gasteiger partial charge on any atom is 0.225 e. The molecule has 8 nitrogen and oxygen atoms in total. The van der Waals surface area contributed by atoms with Crippen LogP contribution in [0.25, 0.3) is 21.0 Å². The number of hydrogen-bond donors (Lipinski definition) is 3. The van der Waals surface area contributed by atoms with Crippen LogP contribution in [0.3, 0.4) is 0 Å². The number of rotatable bonds is 6. The highest BCUT2D eigenvalue weighted by molar-refractivity contribution is 8.24. The summed E-state index contributed by atoms with van der Waals surface area (Å²) >= 11 is 7.88. The fourth-order valence-corrected chi connectivity index (χ4v) is 8.96. The van der Waals surface area contributed by atoms with Gasteiger partial charge in [0.25, 0.3) is 0 Å². The molecule has 3 heterocycles. The number of benzene rings is 1. The lowest BCUT2D eigenvalue weighted by molar-refractivity contribution is -0.127. The minimum atomic E-state index is -2.46. The number of pyridine rings is 1. The van der Waals surface area contributed by atoms with E-state index in [-0.39, 0.29) is 17.7 Å². The fraction of sp³-hybridized carbons (Fsp3) is 0.467. The number of carbonyl (C=O) groups excluding carboxylic acids is 1. The quantitative estimate of drug-likeness (QED) is 0.296. The van der Waals surface area contributed by atoms with Crippen molar-refractivity contribution >= 4 is 45.1 Å². The van der Waals surface area contributed by atoms with E-state index in [0.717, 1.165) is 64.5 Å². The highest BCUT2D eigenvalue weighted by Gasteiger charge is 2.52. The second kappa shape index (κ2) is 10.2. The van der Waals surface area contributed by atoms with Crippen molar-refractivity contribution in [3.8, 4) is 27.1 Å². The van der Waals surface area contributed by atoms with Gasteiger partial charge in [0.15, 0.2) is 0 Å². The van der Waals surface area contributed by atoms with Gasteiger partial charge < -0.3 is 10.2 Å². The lowest BCUT2D eigenvalue weighted by Gasteiger charge is -2.41. The van der Waals surface area contributed by atoms with Crippen molar-refractivity contribution < 1.29 is 13.9 Å². The smallest absolute Gasteiger partial charge is 0.225 e. The number of nitrogens with one attached hydrogen (secondary N) is 1. The SMILES string of the molecule is N#CC1(NC(=O)[C@@H]2C[C@H]3C[C@H]3C[C@H]2c2nc(-c3cncc(Cl)c3)sc2-c2ccc(N3CCS(O)(O)CC3)cc2)CC1. The second-order valence-electron chi connectivity index (χ2n) is 12.0. The van der Waals surface area contributed by atoms with Crippen LogP contribution in [0.1, 0.15) is 43.7 Å². The molecule has 7 rings (SSSR count). The van der Waals surface area contributed by atoms with Crippen molar-refractivity contribution in [2.45, 2.75) is 43.6 Å². The molecule has 4 atom stereocenters. The van der Waals surface area contributed by atoms with Crippen LogP contribution in [0.4, 0.5) is 5.69 Å². The number of nitriles is 1. The van der Waals surface area contributed by atoms with E-state index in [2.05, 4.69) is 45.5 Å². The monoisotopic (exact) mass is 609 g/mol. The predicted octanol–water partition coefficient (Wildman–Crippen LogP) is 6.40. The Kier molecular flexibility index (Phi) is 6.79. The van der Waals surface area contributed by atoms with Crippen LogP contribution in [-0.4, -0.2) is 55.1 Å². The van der Waals surface area contributed by atoms with Crippen LogP contribution >= 0.6 is 33.5 Å². The summed E-state index contributed by atoms with van der Waals surface area (Å²) in [5.41, 5.74) is 3.19. The number of amides is 1. The summed E-state index contributed by atoms with van der Waals surface area (Å²) in [6.45, 7) is 1.23. The number of fused-ring (bicyclic) bond motifs is 1. The summed E-state index contributed by atoms with van der Waals surface area (Å²) in [6.07, 6.45) is 7.72. The zero-order valence-electron chi connectivity index (χ0n) is 22.5. The molecular formula is C30H32ClN5O3S2. The molecule has 2 aromatic heterocycles. The lowest BCUT2D eigenvalue weighted by atomic mass is 9.76. The summed E-state index contributed by atoms with van der Waals surface area (Å²) in [4.78, 5) is 26.3. The first-order chi connectivity index (χ1) is 19.7. The van der Waals surface area contributed by atoms with E-state index in [4.69, 9.17) is 16.6 Å². The maximum atomic E-state index is 13.6. The summed E-state index contributed by atoms with van der Waals surface area (Å²) < 4.78 is 20.0. The zero-order chi connectivity index (χ0) is 28.4. The third-order valence-corrected chi connectivity index (χ3v) is 12.2. The molecule has 11 heteroatoms. The third-order valence-electron chi connectivity index (χ3n) is 9.16. The Morgan fingerprint density at radius 1 is 1.10 bits per heavy atom. The van der Waals surface area contributed by atoms with Gasteiger partial charge in [-0.25, -0.2) is 4.98 Å². The van der Waals surface area contributed by atoms with E-state index in [1.165, 1.54) is 0 Å². The van der Waals surface area contributed by atoms with Crippen molar-refractivity contribution in [3.63, 3.8) is 0 Å². The van der Waals surface area contributed by atoms with Crippen molar-refractivity contribution in [3.05, 3.63) is 53.4 Å². The molecule has 4 fully saturated rings. The summed E-state index contributed by atoms with van der Waals surface area (Å²) in [5, 5.41) is 14.1. The van der Waals surface area contributed by atoms with Crippen LogP contribution in [0.5, 0.6) is 0 Å².